The quantitative estimate of drug-likeness (QED) is 0.214. The molecule has 4 rings (SSSR count). The molecule has 0 spiro atoms. The molecule has 0 fully saturated rings. The Balaban J connectivity index is 1.50. The van der Waals surface area contributed by atoms with Crippen LogP contribution in [0.5, 0.6) is 5.75 Å². The molecule has 3 aromatic carbocycles. The van der Waals surface area contributed by atoms with Crippen molar-refractivity contribution in [3.8, 4) is 22.8 Å². The molecule has 4 aromatic rings. The molecule has 0 bridgehead atoms. The normalized spacial score (nSPS) is 11.0. The van der Waals surface area contributed by atoms with Gasteiger partial charge < -0.3 is 4.74 Å². The van der Waals surface area contributed by atoms with Crippen LogP contribution in [0.4, 0.5) is 0 Å². The molecule has 1 aromatic heterocycles. The van der Waals surface area contributed by atoms with E-state index in [0.29, 0.717) is 17.6 Å². The van der Waals surface area contributed by atoms with Crippen LogP contribution in [0.15, 0.2) is 89.1 Å². The van der Waals surface area contributed by atoms with E-state index in [-0.39, 0.29) is 11.7 Å². The number of carbonyl (C=O) groups is 1. The zero-order chi connectivity index (χ0) is 23.8. The lowest BCUT2D eigenvalue weighted by Gasteiger charge is -2.11. The lowest BCUT2D eigenvalue weighted by molar-refractivity contribution is -0.118. The molecule has 0 unspecified atom stereocenters. The summed E-state index contributed by atoms with van der Waals surface area (Å²) in [5, 5.41) is 13.4. The number of aromatic nitrogens is 3. The van der Waals surface area contributed by atoms with E-state index in [9.17, 15) is 4.79 Å². The Morgan fingerprint density at radius 3 is 2.47 bits per heavy atom. The van der Waals surface area contributed by atoms with Gasteiger partial charge in [-0.05, 0) is 43.7 Å². The first kappa shape index (κ1) is 23.3. The molecule has 172 valence electrons. The van der Waals surface area contributed by atoms with Crippen LogP contribution < -0.4 is 10.2 Å². The van der Waals surface area contributed by atoms with Crippen molar-refractivity contribution in [3.63, 3.8) is 0 Å². The summed E-state index contributed by atoms with van der Waals surface area (Å²) >= 11 is 1.30. The SMILES string of the molecule is CCOc1ccc(-n2c(SCC(=O)NN=Cc3ccc(C)cc3)nnc2-c2ccccc2)cc1. The molecule has 0 saturated carbocycles. The van der Waals surface area contributed by atoms with Gasteiger partial charge in [-0.25, -0.2) is 5.43 Å². The molecular formula is C26H25N5O2S. The minimum atomic E-state index is -0.226. The third kappa shape index (κ3) is 5.90. The second-order valence-corrected chi connectivity index (χ2v) is 8.37. The molecule has 34 heavy (non-hydrogen) atoms. The van der Waals surface area contributed by atoms with Gasteiger partial charge in [0.1, 0.15) is 5.75 Å². The van der Waals surface area contributed by atoms with Crippen LogP contribution in [0.2, 0.25) is 0 Å². The highest BCUT2D eigenvalue weighted by Crippen LogP contribution is 2.28. The third-order valence-corrected chi connectivity index (χ3v) is 5.81. The molecule has 1 amide bonds. The predicted molar refractivity (Wildman–Crippen MR) is 136 cm³/mol. The number of nitrogens with one attached hydrogen (secondary N) is 1. The van der Waals surface area contributed by atoms with Crippen molar-refractivity contribution in [2.45, 2.75) is 19.0 Å². The van der Waals surface area contributed by atoms with Crippen LogP contribution in [0.25, 0.3) is 17.1 Å². The summed E-state index contributed by atoms with van der Waals surface area (Å²) in [6.45, 7) is 4.57. The van der Waals surface area contributed by atoms with Gasteiger partial charge in [-0.15, -0.1) is 10.2 Å². The summed E-state index contributed by atoms with van der Waals surface area (Å²) in [5.41, 5.74) is 6.47. The van der Waals surface area contributed by atoms with E-state index in [4.69, 9.17) is 4.74 Å². The minimum Gasteiger partial charge on any atom is -0.494 e. The van der Waals surface area contributed by atoms with Crippen LogP contribution in [0.1, 0.15) is 18.1 Å². The van der Waals surface area contributed by atoms with Crippen LogP contribution >= 0.6 is 11.8 Å². The smallest absolute Gasteiger partial charge is 0.250 e. The number of rotatable bonds is 9. The summed E-state index contributed by atoms with van der Waals surface area (Å²) in [5.74, 6) is 1.41. The molecule has 0 aliphatic rings. The summed E-state index contributed by atoms with van der Waals surface area (Å²) in [7, 11) is 0. The number of ether oxygens (including phenoxy) is 1. The van der Waals surface area contributed by atoms with Crippen LogP contribution in [-0.2, 0) is 4.79 Å². The average molecular weight is 472 g/mol. The lowest BCUT2D eigenvalue weighted by Crippen LogP contribution is -2.20. The number of hydrogen-bond acceptors (Lipinski definition) is 6. The Bertz CT molecular complexity index is 1250. The third-order valence-electron chi connectivity index (χ3n) is 4.88. The molecular weight excluding hydrogens is 446 g/mol. The Labute approximate surface area is 202 Å². The van der Waals surface area contributed by atoms with E-state index in [2.05, 4.69) is 20.7 Å². The van der Waals surface area contributed by atoms with Crippen molar-refractivity contribution < 1.29 is 9.53 Å². The maximum Gasteiger partial charge on any atom is 0.250 e. The van der Waals surface area contributed by atoms with Crippen molar-refractivity contribution in [2.75, 3.05) is 12.4 Å². The first-order valence-electron chi connectivity index (χ1n) is 10.9. The van der Waals surface area contributed by atoms with Crippen molar-refractivity contribution in [1.82, 2.24) is 20.2 Å². The summed E-state index contributed by atoms with van der Waals surface area (Å²) in [4.78, 5) is 12.4. The van der Waals surface area contributed by atoms with Gasteiger partial charge in [-0.2, -0.15) is 5.10 Å². The van der Waals surface area contributed by atoms with Crippen molar-refractivity contribution in [1.29, 1.82) is 0 Å². The van der Waals surface area contributed by atoms with Crippen molar-refractivity contribution in [3.05, 3.63) is 90.0 Å². The fraction of sp³-hybridized carbons (Fsp3) is 0.154. The summed E-state index contributed by atoms with van der Waals surface area (Å²) in [6, 6.07) is 25.5. The minimum absolute atomic E-state index is 0.148. The van der Waals surface area contributed by atoms with Gasteiger partial charge in [-0.3, -0.25) is 9.36 Å². The van der Waals surface area contributed by atoms with Gasteiger partial charge >= 0.3 is 0 Å². The molecule has 7 nitrogen and oxygen atoms in total. The second kappa shape index (κ2) is 11.3. The molecule has 0 radical (unpaired) electrons. The highest BCUT2D eigenvalue weighted by Gasteiger charge is 2.17. The highest BCUT2D eigenvalue weighted by molar-refractivity contribution is 7.99. The number of hydrogen-bond donors (Lipinski definition) is 1. The number of carbonyl (C=O) groups excluding carboxylic acids is 1. The molecule has 0 atom stereocenters. The van der Waals surface area contributed by atoms with Gasteiger partial charge in [0.15, 0.2) is 11.0 Å². The number of aryl methyl sites for hydroxylation is 1. The number of nitrogens with zero attached hydrogens (tertiary/aromatic N) is 4. The van der Waals surface area contributed by atoms with E-state index in [1.54, 1.807) is 6.21 Å². The first-order chi connectivity index (χ1) is 16.6. The van der Waals surface area contributed by atoms with Crippen LogP contribution in [-0.4, -0.2) is 39.2 Å². The standard InChI is InChI=1S/C26H25N5O2S/c1-3-33-23-15-13-22(14-16-23)31-25(21-7-5-4-6-8-21)29-30-26(31)34-18-24(32)28-27-17-20-11-9-19(2)10-12-20/h4-17H,3,18H2,1-2H3,(H,28,32). The maximum absolute atomic E-state index is 12.4. The monoisotopic (exact) mass is 471 g/mol. The second-order valence-electron chi connectivity index (χ2n) is 7.43. The van der Waals surface area contributed by atoms with Gasteiger partial charge in [0, 0.05) is 11.3 Å². The van der Waals surface area contributed by atoms with Crippen molar-refractivity contribution in [2.24, 2.45) is 5.10 Å². The number of amides is 1. The van der Waals surface area contributed by atoms with Gasteiger partial charge in [-0.1, -0.05) is 71.9 Å². The molecule has 0 saturated heterocycles. The van der Waals surface area contributed by atoms with Crippen LogP contribution in [0.3, 0.4) is 0 Å². The predicted octanol–water partition coefficient (Wildman–Crippen LogP) is 4.88. The molecule has 0 aliphatic heterocycles. The molecule has 1 heterocycles. The van der Waals surface area contributed by atoms with Gasteiger partial charge in [0.05, 0.1) is 18.6 Å². The first-order valence-corrected chi connectivity index (χ1v) is 11.9. The Kier molecular flexibility index (Phi) is 7.72. The summed E-state index contributed by atoms with van der Waals surface area (Å²) < 4.78 is 7.51. The highest BCUT2D eigenvalue weighted by atomic mass is 32.2. The Hall–Kier alpha value is -3.91. The molecule has 8 heteroatoms. The lowest BCUT2D eigenvalue weighted by atomic mass is 10.2. The fourth-order valence-electron chi connectivity index (χ4n) is 3.22. The Morgan fingerprint density at radius 2 is 1.76 bits per heavy atom. The van der Waals surface area contributed by atoms with Crippen LogP contribution in [0, 0.1) is 6.92 Å². The zero-order valence-electron chi connectivity index (χ0n) is 19.0. The van der Waals surface area contributed by atoms with E-state index >= 15 is 0 Å². The van der Waals surface area contributed by atoms with Crippen molar-refractivity contribution >= 4 is 23.9 Å². The van der Waals surface area contributed by atoms with E-state index in [0.717, 1.165) is 22.6 Å². The zero-order valence-corrected chi connectivity index (χ0v) is 19.8. The van der Waals surface area contributed by atoms with E-state index < -0.39 is 0 Å². The number of thioether (sulfide) groups is 1. The topological polar surface area (TPSA) is 81.4 Å². The maximum atomic E-state index is 12.4. The fourth-order valence-corrected chi connectivity index (χ4v) is 3.97. The van der Waals surface area contributed by atoms with E-state index in [1.807, 2.05) is 97.3 Å². The summed E-state index contributed by atoms with van der Waals surface area (Å²) in [6.07, 6.45) is 1.62. The van der Waals surface area contributed by atoms with Gasteiger partial charge in [0.2, 0.25) is 0 Å². The average Bonchev–Trinajstić information content (AvgIpc) is 3.29. The molecule has 0 aliphatic carbocycles. The largest absolute Gasteiger partial charge is 0.494 e. The van der Waals surface area contributed by atoms with E-state index in [1.165, 1.54) is 17.3 Å². The number of hydrazone groups is 1. The molecule has 1 N–H and O–H groups in total. The van der Waals surface area contributed by atoms with Gasteiger partial charge in [0.25, 0.3) is 5.91 Å². The Morgan fingerprint density at radius 1 is 1.03 bits per heavy atom. The number of benzene rings is 3.